The van der Waals surface area contributed by atoms with Gasteiger partial charge in [0.05, 0.1) is 6.61 Å². The van der Waals surface area contributed by atoms with E-state index < -0.39 is 49.3 Å². The van der Waals surface area contributed by atoms with Crippen LogP contribution in [-0.2, 0) is 4.74 Å². The van der Waals surface area contributed by atoms with Gasteiger partial charge in [-0.25, -0.2) is 14.5 Å². The maximum absolute atomic E-state index is 11.0. The van der Waals surface area contributed by atoms with Crippen LogP contribution in [0.15, 0.2) is 0 Å². The van der Waals surface area contributed by atoms with Crippen molar-refractivity contribution >= 4 is 12.1 Å². The molecule has 18 heavy (non-hydrogen) atoms. The van der Waals surface area contributed by atoms with Crippen LogP contribution < -0.4 is 11.5 Å². The Morgan fingerprint density at radius 2 is 1.56 bits per heavy atom. The SMILES string of the molecule is NC(=O)N(C(N)=O)[C@@H]1O[C@H](CO)[C@@H](O)[C@H](O)[C@H]1O. The Morgan fingerprint density at radius 1 is 1.06 bits per heavy atom. The second-order valence-electron chi connectivity index (χ2n) is 3.77. The summed E-state index contributed by atoms with van der Waals surface area (Å²) < 4.78 is 4.93. The minimum atomic E-state index is -1.80. The first-order valence-corrected chi connectivity index (χ1v) is 4.99. The van der Waals surface area contributed by atoms with Gasteiger partial charge in [0.15, 0.2) is 6.23 Å². The molecule has 0 aliphatic carbocycles. The van der Waals surface area contributed by atoms with Crippen LogP contribution in [0.4, 0.5) is 9.59 Å². The van der Waals surface area contributed by atoms with E-state index in [1.54, 1.807) is 0 Å². The van der Waals surface area contributed by atoms with Gasteiger partial charge in [-0.3, -0.25) is 0 Å². The first kappa shape index (κ1) is 14.6. The van der Waals surface area contributed by atoms with Crippen molar-refractivity contribution in [3.05, 3.63) is 0 Å². The van der Waals surface area contributed by atoms with Gasteiger partial charge >= 0.3 is 12.1 Å². The van der Waals surface area contributed by atoms with Gasteiger partial charge in [-0.15, -0.1) is 0 Å². The number of aliphatic hydroxyl groups is 4. The van der Waals surface area contributed by atoms with Crippen LogP contribution in [-0.4, -0.2) is 74.6 Å². The molecule has 10 heteroatoms. The summed E-state index contributed by atoms with van der Waals surface area (Å²) >= 11 is 0. The molecule has 1 rings (SSSR count). The highest BCUT2D eigenvalue weighted by Gasteiger charge is 2.48. The fourth-order valence-corrected chi connectivity index (χ4v) is 1.65. The molecular weight excluding hydrogens is 250 g/mol. The van der Waals surface area contributed by atoms with Crippen molar-refractivity contribution in [2.45, 2.75) is 30.6 Å². The Morgan fingerprint density at radius 3 is 1.94 bits per heavy atom. The lowest BCUT2D eigenvalue weighted by atomic mass is 9.98. The van der Waals surface area contributed by atoms with E-state index in [9.17, 15) is 24.9 Å². The van der Waals surface area contributed by atoms with Crippen LogP contribution in [0, 0.1) is 0 Å². The van der Waals surface area contributed by atoms with Gasteiger partial charge in [0.1, 0.15) is 24.4 Å². The van der Waals surface area contributed by atoms with Crippen LogP contribution in [0.3, 0.4) is 0 Å². The predicted octanol–water partition coefficient (Wildman–Crippen LogP) is -3.75. The molecule has 8 N–H and O–H groups in total. The number of carbonyl (C=O) groups is 2. The number of amides is 4. The molecule has 0 bridgehead atoms. The van der Waals surface area contributed by atoms with E-state index in [2.05, 4.69) is 0 Å². The second kappa shape index (κ2) is 5.46. The van der Waals surface area contributed by atoms with Gasteiger partial charge in [0, 0.05) is 0 Å². The third-order valence-electron chi connectivity index (χ3n) is 2.60. The minimum absolute atomic E-state index is 0.183. The summed E-state index contributed by atoms with van der Waals surface area (Å²) in [5, 5.41) is 37.5. The third kappa shape index (κ3) is 2.52. The summed E-state index contributed by atoms with van der Waals surface area (Å²) in [5.74, 6) is 0. The van der Waals surface area contributed by atoms with Gasteiger partial charge in [0.2, 0.25) is 0 Å². The lowest BCUT2D eigenvalue weighted by Crippen LogP contribution is -2.66. The van der Waals surface area contributed by atoms with Crippen molar-refractivity contribution in [1.29, 1.82) is 0 Å². The zero-order valence-corrected chi connectivity index (χ0v) is 9.21. The van der Waals surface area contributed by atoms with Crippen LogP contribution in [0.1, 0.15) is 0 Å². The van der Waals surface area contributed by atoms with Crippen LogP contribution in [0.25, 0.3) is 0 Å². The van der Waals surface area contributed by atoms with E-state index in [4.69, 9.17) is 21.3 Å². The molecule has 0 aromatic carbocycles. The average Bonchev–Trinajstić information content (AvgIpc) is 2.28. The van der Waals surface area contributed by atoms with Gasteiger partial charge in [0.25, 0.3) is 0 Å². The minimum Gasteiger partial charge on any atom is -0.394 e. The normalized spacial score (nSPS) is 36.1. The molecule has 0 saturated carbocycles. The lowest BCUT2D eigenvalue weighted by Gasteiger charge is -2.42. The van der Waals surface area contributed by atoms with Crippen LogP contribution >= 0.6 is 0 Å². The number of primary amides is 2. The van der Waals surface area contributed by atoms with E-state index in [0.29, 0.717) is 0 Å². The third-order valence-corrected chi connectivity index (χ3v) is 2.60. The maximum Gasteiger partial charge on any atom is 0.325 e. The molecule has 0 radical (unpaired) electrons. The van der Waals surface area contributed by atoms with Crippen molar-refractivity contribution < 1.29 is 34.8 Å². The quantitative estimate of drug-likeness (QED) is 0.296. The van der Waals surface area contributed by atoms with Gasteiger partial charge < -0.3 is 36.6 Å². The van der Waals surface area contributed by atoms with Crippen molar-refractivity contribution in [1.82, 2.24) is 4.90 Å². The zero-order chi connectivity index (χ0) is 14.0. The van der Waals surface area contributed by atoms with E-state index >= 15 is 0 Å². The molecule has 10 nitrogen and oxygen atoms in total. The number of nitrogens with zero attached hydrogens (tertiary/aromatic N) is 1. The van der Waals surface area contributed by atoms with Crippen molar-refractivity contribution in [3.8, 4) is 0 Å². The monoisotopic (exact) mass is 265 g/mol. The molecule has 1 fully saturated rings. The number of nitrogens with two attached hydrogens (primary N) is 2. The molecule has 0 unspecified atom stereocenters. The topological polar surface area (TPSA) is 180 Å². The van der Waals surface area contributed by atoms with E-state index in [-0.39, 0.29) is 4.90 Å². The van der Waals surface area contributed by atoms with E-state index in [1.807, 2.05) is 0 Å². The van der Waals surface area contributed by atoms with Crippen molar-refractivity contribution in [2.75, 3.05) is 6.61 Å². The highest BCUT2D eigenvalue weighted by Crippen LogP contribution is 2.23. The largest absolute Gasteiger partial charge is 0.394 e. The van der Waals surface area contributed by atoms with Crippen molar-refractivity contribution in [2.24, 2.45) is 11.5 Å². The number of hydrogen-bond donors (Lipinski definition) is 6. The molecule has 4 amide bonds. The summed E-state index contributed by atoms with van der Waals surface area (Å²) in [4.78, 5) is 22.2. The Kier molecular flexibility index (Phi) is 4.43. The Balaban J connectivity index is 2.99. The number of imide groups is 1. The summed E-state index contributed by atoms with van der Waals surface area (Å²) in [6.07, 6.45) is -8.10. The number of rotatable bonds is 2. The number of aliphatic hydroxyl groups excluding tert-OH is 4. The molecule has 0 spiro atoms. The number of carbonyl (C=O) groups excluding carboxylic acids is 2. The molecule has 1 saturated heterocycles. The van der Waals surface area contributed by atoms with Gasteiger partial charge in [-0.05, 0) is 0 Å². The van der Waals surface area contributed by atoms with Gasteiger partial charge in [-0.1, -0.05) is 0 Å². The first-order chi connectivity index (χ1) is 8.31. The molecule has 0 aromatic rings. The average molecular weight is 265 g/mol. The standard InChI is InChI=1S/C8H15N3O7/c9-7(16)11(8(10)17)6-5(15)4(14)3(13)2(1-12)18-6/h2-6,12-15H,1H2,(H2,9,16)(H2,10,17)/t2-,3-,4+,5-,6-/m1/s1. The second-order valence-corrected chi connectivity index (χ2v) is 3.77. The fourth-order valence-electron chi connectivity index (χ4n) is 1.65. The Hall–Kier alpha value is -1.46. The maximum atomic E-state index is 11.0. The highest BCUT2D eigenvalue weighted by molar-refractivity contribution is 5.92. The molecule has 1 aliphatic heterocycles. The van der Waals surface area contributed by atoms with Crippen LogP contribution in [0.2, 0.25) is 0 Å². The molecular formula is C8H15N3O7. The summed E-state index contributed by atoms with van der Waals surface area (Å²) in [6, 6.07) is -2.60. The summed E-state index contributed by atoms with van der Waals surface area (Å²) in [5.41, 5.74) is 9.77. The van der Waals surface area contributed by atoms with Gasteiger partial charge in [-0.2, -0.15) is 0 Å². The first-order valence-electron chi connectivity index (χ1n) is 4.99. The van der Waals surface area contributed by atoms with E-state index in [0.717, 1.165) is 0 Å². The molecule has 1 aliphatic rings. The molecule has 1 heterocycles. The fraction of sp³-hybridized carbons (Fsp3) is 0.750. The smallest absolute Gasteiger partial charge is 0.325 e. The molecule has 5 atom stereocenters. The number of ether oxygens (including phenoxy) is 1. The highest BCUT2D eigenvalue weighted by atomic mass is 16.6. The zero-order valence-electron chi connectivity index (χ0n) is 9.21. The predicted molar refractivity (Wildman–Crippen MR) is 54.8 cm³/mol. The van der Waals surface area contributed by atoms with Crippen molar-refractivity contribution in [3.63, 3.8) is 0 Å². The summed E-state index contributed by atoms with van der Waals surface area (Å²) in [6.45, 7) is -0.702. The lowest BCUT2D eigenvalue weighted by molar-refractivity contribution is -0.250. The molecule has 104 valence electrons. The Labute approximate surface area is 101 Å². The number of urea groups is 2. The summed E-state index contributed by atoms with van der Waals surface area (Å²) in [7, 11) is 0. The number of hydrogen-bond acceptors (Lipinski definition) is 7. The molecule has 0 aromatic heterocycles. The Bertz CT molecular complexity index is 323. The van der Waals surface area contributed by atoms with Crippen LogP contribution in [0.5, 0.6) is 0 Å². The van der Waals surface area contributed by atoms with E-state index in [1.165, 1.54) is 0 Å².